The zero-order chi connectivity index (χ0) is 15.9. The van der Waals surface area contributed by atoms with Crippen molar-refractivity contribution in [1.82, 2.24) is 10.2 Å². The lowest BCUT2D eigenvalue weighted by molar-refractivity contribution is -0.149. The van der Waals surface area contributed by atoms with Gasteiger partial charge in [0.2, 0.25) is 11.7 Å². The molecule has 0 aromatic heterocycles. The standard InChI is InChI=1S/C12H14N2O6S2/c15-9(6-20-11(17)8-5-18-3-4-19-8)13-1-2-14-10(16)7-22-12(14)21/h5H,1-4,6-7H2,(H,13,15). The summed E-state index contributed by atoms with van der Waals surface area (Å²) in [5, 5.41) is 2.54. The average Bonchev–Trinajstić information content (AvgIpc) is 2.85. The lowest BCUT2D eigenvalue weighted by atomic mass is 10.5. The van der Waals surface area contributed by atoms with Crippen LogP contribution in [-0.4, -0.2) is 65.7 Å². The molecule has 1 fully saturated rings. The summed E-state index contributed by atoms with van der Waals surface area (Å²) in [5.74, 6) is -1.04. The van der Waals surface area contributed by atoms with E-state index < -0.39 is 18.5 Å². The van der Waals surface area contributed by atoms with E-state index in [1.807, 2.05) is 0 Å². The van der Waals surface area contributed by atoms with Crippen LogP contribution in [0.5, 0.6) is 0 Å². The molecule has 0 bridgehead atoms. The van der Waals surface area contributed by atoms with Gasteiger partial charge in [0.05, 0.1) is 5.75 Å². The Morgan fingerprint density at radius 2 is 2.27 bits per heavy atom. The van der Waals surface area contributed by atoms with Gasteiger partial charge in [0.15, 0.2) is 6.61 Å². The van der Waals surface area contributed by atoms with Gasteiger partial charge in [0.25, 0.3) is 5.91 Å². The first-order chi connectivity index (χ1) is 10.6. The van der Waals surface area contributed by atoms with Gasteiger partial charge in [-0.25, -0.2) is 4.79 Å². The third-order valence-electron chi connectivity index (χ3n) is 2.68. The van der Waals surface area contributed by atoms with Crippen molar-refractivity contribution in [3.63, 3.8) is 0 Å². The highest BCUT2D eigenvalue weighted by atomic mass is 32.2. The highest BCUT2D eigenvalue weighted by Crippen LogP contribution is 2.18. The summed E-state index contributed by atoms with van der Waals surface area (Å²) < 4.78 is 15.2. The maximum absolute atomic E-state index is 11.5. The molecule has 2 rings (SSSR count). The van der Waals surface area contributed by atoms with Crippen LogP contribution in [0, 0.1) is 0 Å². The zero-order valence-electron chi connectivity index (χ0n) is 11.5. The minimum absolute atomic E-state index is 0.0657. The number of carbonyl (C=O) groups is 3. The third kappa shape index (κ3) is 4.60. The molecule has 22 heavy (non-hydrogen) atoms. The molecule has 2 heterocycles. The van der Waals surface area contributed by atoms with E-state index in [9.17, 15) is 14.4 Å². The van der Waals surface area contributed by atoms with Crippen LogP contribution in [0.25, 0.3) is 0 Å². The maximum atomic E-state index is 11.5. The Kier molecular flexibility index (Phi) is 6.01. The summed E-state index contributed by atoms with van der Waals surface area (Å²) in [6.07, 6.45) is 1.15. The summed E-state index contributed by atoms with van der Waals surface area (Å²) in [4.78, 5) is 36.0. The summed E-state index contributed by atoms with van der Waals surface area (Å²) in [6, 6.07) is 0. The fourth-order valence-corrected chi connectivity index (χ4v) is 2.75. The summed E-state index contributed by atoms with van der Waals surface area (Å²) >= 11 is 6.30. The van der Waals surface area contributed by atoms with E-state index in [0.717, 1.165) is 6.26 Å². The minimum Gasteiger partial charge on any atom is -0.493 e. The van der Waals surface area contributed by atoms with Gasteiger partial charge < -0.3 is 19.5 Å². The highest BCUT2D eigenvalue weighted by molar-refractivity contribution is 8.23. The smallest absolute Gasteiger partial charge is 0.377 e. The average molecular weight is 346 g/mol. The van der Waals surface area contributed by atoms with Crippen molar-refractivity contribution in [1.29, 1.82) is 0 Å². The van der Waals surface area contributed by atoms with Gasteiger partial charge in [0.1, 0.15) is 23.8 Å². The molecule has 8 nitrogen and oxygen atoms in total. The minimum atomic E-state index is -0.762. The van der Waals surface area contributed by atoms with Crippen LogP contribution in [0.2, 0.25) is 0 Å². The molecule has 2 aliphatic rings. The monoisotopic (exact) mass is 346 g/mol. The van der Waals surface area contributed by atoms with Crippen molar-refractivity contribution in [3.8, 4) is 0 Å². The largest absolute Gasteiger partial charge is 0.493 e. The summed E-state index contributed by atoms with van der Waals surface area (Å²) in [5.41, 5.74) is 0. The number of ether oxygens (including phenoxy) is 3. The van der Waals surface area contributed by atoms with Crippen molar-refractivity contribution in [3.05, 3.63) is 12.0 Å². The Labute approximate surface area is 136 Å². The first-order valence-corrected chi connectivity index (χ1v) is 7.83. The van der Waals surface area contributed by atoms with Gasteiger partial charge >= 0.3 is 5.97 Å². The fraction of sp³-hybridized carbons (Fsp3) is 0.500. The lowest BCUT2D eigenvalue weighted by Crippen LogP contribution is -2.38. The number of nitrogens with one attached hydrogen (secondary N) is 1. The highest BCUT2D eigenvalue weighted by Gasteiger charge is 2.26. The molecule has 0 aliphatic carbocycles. The van der Waals surface area contributed by atoms with Crippen molar-refractivity contribution in [2.45, 2.75) is 0 Å². The first kappa shape index (κ1) is 16.6. The van der Waals surface area contributed by atoms with E-state index in [4.69, 9.17) is 26.4 Å². The second-order valence-corrected chi connectivity index (χ2v) is 5.84. The van der Waals surface area contributed by atoms with Crippen LogP contribution in [0.4, 0.5) is 0 Å². The number of hydrogen-bond acceptors (Lipinski definition) is 8. The number of thioether (sulfide) groups is 1. The van der Waals surface area contributed by atoms with Crippen LogP contribution in [0.3, 0.4) is 0 Å². The van der Waals surface area contributed by atoms with Gasteiger partial charge in [-0.15, -0.1) is 0 Å². The molecule has 2 amide bonds. The molecule has 120 valence electrons. The Hall–Kier alpha value is -1.81. The van der Waals surface area contributed by atoms with Crippen molar-refractivity contribution < 1.29 is 28.6 Å². The van der Waals surface area contributed by atoms with Crippen LogP contribution in [0.15, 0.2) is 12.0 Å². The Bertz CT molecular complexity index is 506. The molecule has 0 unspecified atom stereocenters. The predicted molar refractivity (Wildman–Crippen MR) is 80.7 cm³/mol. The quantitative estimate of drug-likeness (QED) is 0.503. The maximum Gasteiger partial charge on any atom is 0.377 e. The van der Waals surface area contributed by atoms with Crippen molar-refractivity contribution in [2.75, 3.05) is 38.7 Å². The molecule has 0 spiro atoms. The summed E-state index contributed by atoms with van der Waals surface area (Å²) in [6.45, 7) is 0.714. The van der Waals surface area contributed by atoms with E-state index in [1.165, 1.54) is 16.7 Å². The number of amides is 2. The number of nitrogens with zero attached hydrogens (tertiary/aromatic N) is 1. The molecule has 0 saturated carbocycles. The van der Waals surface area contributed by atoms with Crippen LogP contribution in [-0.2, 0) is 28.6 Å². The second kappa shape index (κ2) is 7.99. The van der Waals surface area contributed by atoms with Gasteiger partial charge in [0, 0.05) is 13.1 Å². The number of thiocarbonyl (C=S) groups is 1. The van der Waals surface area contributed by atoms with Crippen LogP contribution < -0.4 is 5.32 Å². The lowest BCUT2D eigenvalue weighted by Gasteiger charge is -2.16. The topological polar surface area (TPSA) is 94.2 Å². The number of esters is 1. The normalized spacial score (nSPS) is 17.5. The molecule has 1 saturated heterocycles. The number of rotatable bonds is 6. The van der Waals surface area contributed by atoms with E-state index in [2.05, 4.69) is 5.32 Å². The van der Waals surface area contributed by atoms with E-state index in [1.54, 1.807) is 0 Å². The van der Waals surface area contributed by atoms with Gasteiger partial charge in [-0.1, -0.05) is 24.0 Å². The first-order valence-electron chi connectivity index (χ1n) is 6.43. The molecule has 0 aromatic rings. The fourth-order valence-electron chi connectivity index (χ4n) is 1.63. The van der Waals surface area contributed by atoms with Gasteiger partial charge in [-0.3, -0.25) is 14.5 Å². The van der Waals surface area contributed by atoms with Gasteiger partial charge in [-0.05, 0) is 0 Å². The zero-order valence-corrected chi connectivity index (χ0v) is 13.2. The molecule has 1 N–H and O–H groups in total. The molecular formula is C12H14N2O6S2. The second-order valence-electron chi connectivity index (χ2n) is 4.23. The summed E-state index contributed by atoms with van der Waals surface area (Å²) in [7, 11) is 0. The van der Waals surface area contributed by atoms with Crippen molar-refractivity contribution >= 4 is 46.1 Å². The Balaban J connectivity index is 1.63. The van der Waals surface area contributed by atoms with E-state index >= 15 is 0 Å². The molecule has 0 atom stereocenters. The molecular weight excluding hydrogens is 332 g/mol. The van der Waals surface area contributed by atoms with E-state index in [-0.39, 0.29) is 24.8 Å². The Morgan fingerprint density at radius 3 is 2.91 bits per heavy atom. The Morgan fingerprint density at radius 1 is 1.45 bits per heavy atom. The van der Waals surface area contributed by atoms with Crippen LogP contribution >= 0.6 is 24.0 Å². The molecule has 0 radical (unpaired) electrons. The molecule has 10 heteroatoms. The van der Waals surface area contributed by atoms with Gasteiger partial charge in [-0.2, -0.15) is 0 Å². The molecule has 2 aliphatic heterocycles. The van der Waals surface area contributed by atoms with Crippen molar-refractivity contribution in [2.24, 2.45) is 0 Å². The molecule has 0 aromatic carbocycles. The SMILES string of the molecule is O=C(COC(=O)C1=COCCO1)NCCN1C(=O)CSC1=S. The van der Waals surface area contributed by atoms with E-state index in [0.29, 0.717) is 23.2 Å². The van der Waals surface area contributed by atoms with Crippen LogP contribution in [0.1, 0.15) is 0 Å². The predicted octanol–water partition coefficient (Wildman–Crippen LogP) is -0.606. The number of hydrogen-bond donors (Lipinski definition) is 1. The third-order valence-corrected chi connectivity index (χ3v) is 4.12. The number of carbonyl (C=O) groups excluding carboxylic acids is 3.